The van der Waals surface area contributed by atoms with Crippen molar-refractivity contribution in [3.63, 3.8) is 0 Å². The number of carbonyl (C=O) groups is 1. The number of anilines is 1. The minimum atomic E-state index is -0.704. The predicted molar refractivity (Wildman–Crippen MR) is 120 cm³/mol. The van der Waals surface area contributed by atoms with Crippen LogP contribution in [0.1, 0.15) is 39.5 Å². The molecule has 8 heteroatoms. The SMILES string of the molecule is CCSc1nnc2c(n1)O[C@@H](c1ccc(OC(C)C)cc1)N(C(C)=O)c1ccccc1-2. The third-order valence-corrected chi connectivity index (χ3v) is 5.38. The molecule has 1 aliphatic rings. The van der Waals surface area contributed by atoms with Crippen LogP contribution >= 0.6 is 11.8 Å². The van der Waals surface area contributed by atoms with Gasteiger partial charge in [-0.15, -0.1) is 10.2 Å². The first-order valence-corrected chi connectivity index (χ1v) is 11.2. The number of ether oxygens (including phenoxy) is 2. The van der Waals surface area contributed by atoms with E-state index in [0.29, 0.717) is 22.4 Å². The highest BCUT2D eigenvalue weighted by Crippen LogP contribution is 2.43. The molecule has 7 nitrogen and oxygen atoms in total. The summed E-state index contributed by atoms with van der Waals surface area (Å²) in [4.78, 5) is 19.0. The summed E-state index contributed by atoms with van der Waals surface area (Å²) in [6, 6.07) is 15.1. The minimum absolute atomic E-state index is 0.0738. The van der Waals surface area contributed by atoms with E-state index in [1.165, 1.54) is 18.7 Å². The van der Waals surface area contributed by atoms with Gasteiger partial charge in [0.2, 0.25) is 23.2 Å². The molecule has 0 unspecified atom stereocenters. The molecular weight excluding hydrogens is 412 g/mol. The lowest BCUT2D eigenvalue weighted by molar-refractivity contribution is -0.118. The second-order valence-electron chi connectivity index (χ2n) is 7.29. The highest BCUT2D eigenvalue weighted by molar-refractivity contribution is 7.99. The fraction of sp³-hybridized carbons (Fsp3) is 0.304. The van der Waals surface area contributed by atoms with Crippen LogP contribution < -0.4 is 14.4 Å². The van der Waals surface area contributed by atoms with Gasteiger partial charge in [0.15, 0.2) is 5.69 Å². The van der Waals surface area contributed by atoms with Gasteiger partial charge < -0.3 is 9.47 Å². The number of rotatable bonds is 5. The molecule has 2 aromatic carbocycles. The number of thioether (sulfide) groups is 1. The van der Waals surface area contributed by atoms with Crippen LogP contribution in [0, 0.1) is 0 Å². The zero-order valence-corrected chi connectivity index (χ0v) is 18.7. The summed E-state index contributed by atoms with van der Waals surface area (Å²) >= 11 is 1.49. The molecule has 4 rings (SSSR count). The second kappa shape index (κ2) is 8.93. The van der Waals surface area contributed by atoms with Crippen molar-refractivity contribution >= 4 is 23.4 Å². The van der Waals surface area contributed by atoms with Gasteiger partial charge in [0.1, 0.15) is 5.75 Å². The molecule has 1 atom stereocenters. The maximum Gasteiger partial charge on any atom is 0.247 e. The van der Waals surface area contributed by atoms with Gasteiger partial charge in [-0.05, 0) is 49.9 Å². The van der Waals surface area contributed by atoms with Gasteiger partial charge in [-0.1, -0.05) is 36.9 Å². The number of hydrogen-bond acceptors (Lipinski definition) is 7. The van der Waals surface area contributed by atoms with Crippen LogP contribution in [0.5, 0.6) is 11.6 Å². The number of fused-ring (bicyclic) bond motifs is 3. The average molecular weight is 437 g/mol. The van der Waals surface area contributed by atoms with E-state index in [2.05, 4.69) is 15.2 Å². The molecule has 1 amide bonds. The highest BCUT2D eigenvalue weighted by atomic mass is 32.2. The topological polar surface area (TPSA) is 77.4 Å². The van der Waals surface area contributed by atoms with Crippen LogP contribution in [0.15, 0.2) is 53.7 Å². The second-order valence-corrected chi connectivity index (χ2v) is 8.52. The maximum absolute atomic E-state index is 12.8. The summed E-state index contributed by atoms with van der Waals surface area (Å²) in [7, 11) is 0. The smallest absolute Gasteiger partial charge is 0.247 e. The van der Waals surface area contributed by atoms with Crippen molar-refractivity contribution in [2.75, 3.05) is 10.7 Å². The van der Waals surface area contributed by atoms with Crippen molar-refractivity contribution in [1.82, 2.24) is 15.2 Å². The standard InChI is InChI=1S/C23H24N4O3S/c1-5-31-23-24-21-20(25-26-23)18-8-6-7-9-19(18)27(15(4)28)22(30-21)16-10-12-17(13-11-16)29-14(2)3/h6-14,22H,5H2,1-4H3/t22-/m0/s1. The Morgan fingerprint density at radius 3 is 2.58 bits per heavy atom. The summed E-state index contributed by atoms with van der Waals surface area (Å²) in [5.41, 5.74) is 2.78. The van der Waals surface area contributed by atoms with Crippen LogP contribution in [-0.2, 0) is 4.79 Å². The van der Waals surface area contributed by atoms with Crippen molar-refractivity contribution in [2.24, 2.45) is 0 Å². The first kappa shape index (κ1) is 21.1. The molecule has 0 saturated carbocycles. The van der Waals surface area contributed by atoms with Crippen molar-refractivity contribution < 1.29 is 14.3 Å². The molecule has 0 saturated heterocycles. The van der Waals surface area contributed by atoms with Gasteiger partial charge in [-0.2, -0.15) is 4.98 Å². The Morgan fingerprint density at radius 1 is 1.16 bits per heavy atom. The number of aromatic nitrogens is 3. The number of para-hydroxylation sites is 1. The van der Waals surface area contributed by atoms with Crippen LogP contribution in [-0.4, -0.2) is 32.9 Å². The first-order valence-electron chi connectivity index (χ1n) is 10.2. The third-order valence-electron chi connectivity index (χ3n) is 4.66. The van der Waals surface area contributed by atoms with E-state index in [-0.39, 0.29) is 12.0 Å². The number of nitrogens with zero attached hydrogens (tertiary/aromatic N) is 4. The van der Waals surface area contributed by atoms with Crippen LogP contribution in [0.4, 0.5) is 5.69 Å². The van der Waals surface area contributed by atoms with Crippen LogP contribution in [0.25, 0.3) is 11.3 Å². The minimum Gasteiger partial charge on any atom is -0.491 e. The molecule has 1 aromatic heterocycles. The molecule has 0 fully saturated rings. The third kappa shape index (κ3) is 4.34. The first-order chi connectivity index (χ1) is 15.0. The average Bonchev–Trinajstić information content (AvgIpc) is 2.88. The Kier molecular flexibility index (Phi) is 6.08. The summed E-state index contributed by atoms with van der Waals surface area (Å²) < 4.78 is 12.1. The Labute approximate surface area is 185 Å². The van der Waals surface area contributed by atoms with E-state index in [1.807, 2.05) is 69.3 Å². The molecule has 0 spiro atoms. The van der Waals surface area contributed by atoms with E-state index >= 15 is 0 Å². The van der Waals surface area contributed by atoms with Gasteiger partial charge in [0, 0.05) is 18.1 Å². The van der Waals surface area contributed by atoms with Crippen molar-refractivity contribution in [3.05, 3.63) is 54.1 Å². The van der Waals surface area contributed by atoms with E-state index in [4.69, 9.17) is 9.47 Å². The van der Waals surface area contributed by atoms with E-state index in [0.717, 1.165) is 22.6 Å². The van der Waals surface area contributed by atoms with Gasteiger partial charge in [0.05, 0.1) is 11.8 Å². The lowest BCUT2D eigenvalue weighted by Gasteiger charge is -2.30. The monoisotopic (exact) mass is 436 g/mol. The number of benzene rings is 2. The van der Waals surface area contributed by atoms with Gasteiger partial charge in [-0.3, -0.25) is 9.69 Å². The zero-order chi connectivity index (χ0) is 22.0. The van der Waals surface area contributed by atoms with Crippen molar-refractivity contribution in [2.45, 2.75) is 45.2 Å². The lowest BCUT2D eigenvalue weighted by atomic mass is 10.1. The van der Waals surface area contributed by atoms with Gasteiger partial charge in [-0.25, -0.2) is 0 Å². The Balaban J connectivity index is 1.84. The molecule has 0 bridgehead atoms. The Hall–Kier alpha value is -3.13. The van der Waals surface area contributed by atoms with Crippen molar-refractivity contribution in [3.8, 4) is 22.9 Å². The fourth-order valence-corrected chi connectivity index (χ4v) is 3.95. The molecule has 160 valence electrons. The number of amides is 1. The fourth-order valence-electron chi connectivity index (χ4n) is 3.44. The molecule has 1 aliphatic heterocycles. The zero-order valence-electron chi connectivity index (χ0n) is 17.9. The lowest BCUT2D eigenvalue weighted by Crippen LogP contribution is -2.36. The highest BCUT2D eigenvalue weighted by Gasteiger charge is 2.34. The number of carbonyl (C=O) groups excluding carboxylic acids is 1. The molecule has 3 aromatic rings. The van der Waals surface area contributed by atoms with Gasteiger partial charge in [0.25, 0.3) is 0 Å². The van der Waals surface area contributed by atoms with E-state index in [9.17, 15) is 4.79 Å². The Bertz CT molecular complexity index is 1090. The quantitative estimate of drug-likeness (QED) is 0.527. The van der Waals surface area contributed by atoms with Crippen LogP contribution in [0.2, 0.25) is 0 Å². The molecule has 31 heavy (non-hydrogen) atoms. The summed E-state index contributed by atoms with van der Waals surface area (Å²) in [5, 5.41) is 9.16. The molecular formula is C23H24N4O3S. The van der Waals surface area contributed by atoms with Crippen molar-refractivity contribution in [1.29, 1.82) is 0 Å². The molecule has 2 heterocycles. The Morgan fingerprint density at radius 2 is 1.90 bits per heavy atom. The van der Waals surface area contributed by atoms with Crippen LogP contribution in [0.3, 0.4) is 0 Å². The summed E-state index contributed by atoms with van der Waals surface area (Å²) in [5.74, 6) is 1.78. The van der Waals surface area contributed by atoms with Gasteiger partial charge >= 0.3 is 0 Å². The molecule has 0 radical (unpaired) electrons. The largest absolute Gasteiger partial charge is 0.491 e. The maximum atomic E-state index is 12.8. The summed E-state index contributed by atoms with van der Waals surface area (Å²) in [6.45, 7) is 7.51. The van der Waals surface area contributed by atoms with E-state index < -0.39 is 6.23 Å². The predicted octanol–water partition coefficient (Wildman–Crippen LogP) is 4.88. The molecule has 0 aliphatic carbocycles. The van der Waals surface area contributed by atoms with E-state index in [1.54, 1.807) is 4.90 Å². The molecule has 0 N–H and O–H groups in total. The normalized spacial score (nSPS) is 15.0. The number of hydrogen-bond donors (Lipinski definition) is 0. The summed E-state index contributed by atoms with van der Waals surface area (Å²) in [6.07, 6.45) is -0.631.